The van der Waals surface area contributed by atoms with Crippen molar-refractivity contribution in [2.45, 2.75) is 22.9 Å². The summed E-state index contributed by atoms with van der Waals surface area (Å²) >= 11 is -0.700. The molecule has 4 aromatic carbocycles. The van der Waals surface area contributed by atoms with Gasteiger partial charge in [-0.15, -0.1) is 0 Å². The summed E-state index contributed by atoms with van der Waals surface area (Å²) in [7, 11) is 0. The number of aromatic nitrogens is 1. The van der Waals surface area contributed by atoms with Crippen LogP contribution in [0.5, 0.6) is 0 Å². The number of nitrogens with zero attached hydrogens (tertiary/aromatic N) is 1. The minimum Gasteiger partial charge on any atom is -0.0622 e. The molecule has 1 heterocycles. The molecule has 1 aromatic heterocycles. The zero-order valence-electron chi connectivity index (χ0n) is 21.5. The van der Waals surface area contributed by atoms with E-state index in [1.807, 2.05) is 0 Å². The first-order valence-electron chi connectivity index (χ1n) is 13.4. The van der Waals surface area contributed by atoms with Crippen LogP contribution in [0.2, 0.25) is 0 Å². The Morgan fingerprint density at radius 2 is 1.34 bits per heavy atom. The summed E-state index contributed by atoms with van der Waals surface area (Å²) in [4.78, 5) is 0. The number of benzene rings is 4. The number of fused-ring (bicyclic) bond motifs is 2. The van der Waals surface area contributed by atoms with Gasteiger partial charge in [0.1, 0.15) is 0 Å². The molecule has 0 saturated heterocycles. The van der Waals surface area contributed by atoms with Crippen LogP contribution < -0.4 is 0 Å². The number of hydrogen-bond acceptors (Lipinski definition) is 0. The van der Waals surface area contributed by atoms with Crippen molar-refractivity contribution in [2.24, 2.45) is 0 Å². The largest absolute Gasteiger partial charge is 0.0622 e. The van der Waals surface area contributed by atoms with E-state index in [9.17, 15) is 0 Å². The van der Waals surface area contributed by atoms with Crippen LogP contribution in [0.15, 0.2) is 143 Å². The van der Waals surface area contributed by atoms with Gasteiger partial charge in [-0.25, -0.2) is 0 Å². The number of para-hydroxylation sites is 1. The summed E-state index contributed by atoms with van der Waals surface area (Å²) < 4.78 is 4.72. The minimum atomic E-state index is -0.700. The average molecular weight is 569 g/mol. The molecule has 0 saturated carbocycles. The van der Waals surface area contributed by atoms with Gasteiger partial charge in [-0.1, -0.05) is 60.7 Å². The molecule has 1 atom stereocenters. The molecule has 0 spiro atoms. The van der Waals surface area contributed by atoms with Crippen LogP contribution in [-0.4, -0.2) is 4.57 Å². The van der Waals surface area contributed by atoms with Gasteiger partial charge in [0.25, 0.3) is 0 Å². The van der Waals surface area contributed by atoms with Crippen LogP contribution in [0.25, 0.3) is 22.7 Å². The van der Waals surface area contributed by atoms with Gasteiger partial charge in [0.15, 0.2) is 0 Å². The number of allylic oxidation sites excluding steroid dienone is 5. The standard InChI is InChI=1S/C17H12N.C14H14.C5H5.Zr/c1-2-7-15-12-16(11-14(15)6-1)18-10-9-13-5-3-4-8-17(13)18;1-3-7-13(8-4-1)11-12-14-9-5-2-6-10-14;1-2-4-5-3-1;/h1-12H;1-10H,11-12H2;1-3H,4H2;. The predicted octanol–water partition coefficient (Wildman–Crippen LogP) is 9.09. The average Bonchev–Trinajstić information content (AvgIpc) is 3.73. The van der Waals surface area contributed by atoms with Crippen LogP contribution in [0.1, 0.15) is 32.3 Å². The Morgan fingerprint density at radius 3 is 2.05 bits per heavy atom. The molecule has 0 aliphatic heterocycles. The van der Waals surface area contributed by atoms with Gasteiger partial charge in [-0.3, -0.25) is 0 Å². The van der Waals surface area contributed by atoms with E-state index in [0.717, 1.165) is 12.8 Å². The van der Waals surface area contributed by atoms with E-state index >= 15 is 0 Å². The fourth-order valence-corrected chi connectivity index (χ4v) is 9.20. The Kier molecular flexibility index (Phi) is 7.80. The fourth-order valence-electron chi connectivity index (χ4n) is 5.29. The normalized spacial score (nSPS) is 15.4. The van der Waals surface area contributed by atoms with E-state index in [2.05, 4.69) is 150 Å². The van der Waals surface area contributed by atoms with Crippen LogP contribution >= 0.6 is 0 Å². The van der Waals surface area contributed by atoms with E-state index in [-0.39, 0.29) is 0 Å². The Hall–Kier alpha value is -3.48. The van der Waals surface area contributed by atoms with Gasteiger partial charge in [0.05, 0.1) is 0 Å². The van der Waals surface area contributed by atoms with Crippen molar-refractivity contribution >= 4 is 22.7 Å². The molecular weight excluding hydrogens is 538 g/mol. The molecule has 1 nitrogen and oxygen atoms in total. The molecule has 5 aromatic rings. The van der Waals surface area contributed by atoms with E-state index < -0.39 is 23.2 Å². The van der Waals surface area contributed by atoms with Gasteiger partial charge >= 0.3 is 154 Å². The molecule has 38 heavy (non-hydrogen) atoms. The molecule has 184 valence electrons. The molecule has 0 fully saturated rings. The second-order valence-corrected chi connectivity index (χ2v) is 13.5. The third-order valence-electron chi connectivity index (χ3n) is 7.27. The Balaban J connectivity index is 0.000000161. The van der Waals surface area contributed by atoms with E-state index in [1.54, 1.807) is 3.28 Å². The first-order valence-corrected chi connectivity index (χ1v) is 16.1. The third kappa shape index (κ3) is 5.67. The zero-order valence-corrected chi connectivity index (χ0v) is 24.0. The minimum absolute atomic E-state index is 0.603. The van der Waals surface area contributed by atoms with Crippen molar-refractivity contribution in [1.29, 1.82) is 0 Å². The van der Waals surface area contributed by atoms with Crippen molar-refractivity contribution in [3.05, 3.63) is 165 Å². The smallest absolute Gasteiger partial charge is 0.0238 e. The van der Waals surface area contributed by atoms with Crippen molar-refractivity contribution in [3.63, 3.8) is 0 Å². The molecule has 7 rings (SSSR count). The second-order valence-electron chi connectivity index (χ2n) is 9.82. The third-order valence-corrected chi connectivity index (χ3v) is 11.3. The first kappa shape index (κ1) is 24.8. The molecule has 0 radical (unpaired) electrons. The summed E-state index contributed by atoms with van der Waals surface area (Å²) in [5.41, 5.74) is 8.55. The Bertz CT molecular complexity index is 1570. The number of hydrogen-bond donors (Lipinski definition) is 0. The van der Waals surface area contributed by atoms with Crippen LogP contribution in [0, 0.1) is 0 Å². The zero-order chi connectivity index (χ0) is 25.6. The molecule has 2 heteroatoms. The van der Waals surface area contributed by atoms with Crippen molar-refractivity contribution in [1.82, 2.24) is 4.57 Å². The number of rotatable bonds is 6. The summed E-state index contributed by atoms with van der Waals surface area (Å²) in [6, 6.07) is 41.1. The number of aryl methyl sites for hydroxylation is 2. The molecule has 1 unspecified atom stereocenters. The quantitative estimate of drug-likeness (QED) is 0.193. The van der Waals surface area contributed by atoms with Crippen molar-refractivity contribution in [2.75, 3.05) is 0 Å². The topological polar surface area (TPSA) is 4.93 Å². The van der Waals surface area contributed by atoms with Gasteiger partial charge < -0.3 is 0 Å². The van der Waals surface area contributed by atoms with Gasteiger partial charge in [0.2, 0.25) is 0 Å². The Morgan fingerprint density at radius 1 is 0.684 bits per heavy atom. The summed E-state index contributed by atoms with van der Waals surface area (Å²) in [6.45, 7) is 0. The second kappa shape index (κ2) is 11.9. The van der Waals surface area contributed by atoms with Crippen LogP contribution in [-0.2, 0) is 36.1 Å². The van der Waals surface area contributed by atoms with E-state index in [1.165, 1.54) is 45.3 Å². The maximum Gasteiger partial charge on any atom is -0.0238 e. The van der Waals surface area contributed by atoms with Crippen LogP contribution in [0.4, 0.5) is 0 Å². The Labute approximate surface area is 237 Å². The fraction of sp³-hybridized carbons (Fsp3) is 0.111. The molecular formula is C36H31NZr. The molecule has 2 aliphatic carbocycles. The maximum absolute atomic E-state index is 2.42. The van der Waals surface area contributed by atoms with Crippen molar-refractivity contribution < 1.29 is 23.2 Å². The first-order chi connectivity index (χ1) is 18.8. The monoisotopic (exact) mass is 567 g/mol. The summed E-state index contributed by atoms with van der Waals surface area (Å²) in [6.07, 6.45) is 15.0. The molecule has 0 bridgehead atoms. The van der Waals surface area contributed by atoms with Gasteiger partial charge in [0, 0.05) is 0 Å². The van der Waals surface area contributed by atoms with E-state index in [4.69, 9.17) is 0 Å². The molecule has 0 N–H and O–H groups in total. The predicted molar refractivity (Wildman–Crippen MR) is 157 cm³/mol. The van der Waals surface area contributed by atoms with Gasteiger partial charge in [-0.05, 0) is 24.0 Å². The molecule has 0 amide bonds. The molecule has 2 aliphatic rings. The van der Waals surface area contributed by atoms with Crippen LogP contribution in [0.3, 0.4) is 0 Å². The maximum atomic E-state index is 2.42. The summed E-state index contributed by atoms with van der Waals surface area (Å²) in [5.74, 6) is 0. The summed E-state index contributed by atoms with van der Waals surface area (Å²) in [5, 5.41) is 1.32. The van der Waals surface area contributed by atoms with E-state index in [0.29, 0.717) is 3.63 Å². The van der Waals surface area contributed by atoms with Crippen molar-refractivity contribution in [3.8, 4) is 0 Å². The SMILES string of the molecule is C1=CC[C]([Zr][CH]2C(n3ccc4ccccc43)=Cc3ccccc32)=C1.c1ccc(CCc2ccccc2)cc1. The van der Waals surface area contributed by atoms with Gasteiger partial charge in [-0.2, -0.15) is 0 Å².